The molecule has 0 amide bonds. The van der Waals surface area contributed by atoms with Crippen molar-refractivity contribution >= 4 is 0 Å². The van der Waals surface area contributed by atoms with E-state index in [1.807, 2.05) is 0 Å². The van der Waals surface area contributed by atoms with Crippen molar-refractivity contribution in [2.24, 2.45) is 11.8 Å². The van der Waals surface area contributed by atoms with Crippen molar-refractivity contribution in [3.63, 3.8) is 0 Å². The van der Waals surface area contributed by atoms with E-state index in [4.69, 9.17) is 0 Å². The Balaban J connectivity index is 1.71. The molecule has 0 N–H and O–H groups in total. The average molecular weight is 194 g/mol. The summed E-state index contributed by atoms with van der Waals surface area (Å²) in [6.07, 6.45) is 2.88. The molecule has 3 rings (SSSR count). The Hall–Kier alpha value is -0.0800. The van der Waals surface area contributed by atoms with Crippen LogP contribution in [0.5, 0.6) is 0 Å². The van der Waals surface area contributed by atoms with Crippen molar-refractivity contribution in [2.75, 3.05) is 26.2 Å². The standard InChI is InChI=1S/C12H22N2/c1-9-3-11-7-14-6-10(2)4-12(14)8-13(11)5-9/h9-12H,3-8H2,1-2H3/t9-,10-,11-,12-/m0/s1. The minimum atomic E-state index is 0.895. The Labute approximate surface area is 87.3 Å². The predicted octanol–water partition coefficient (Wildman–Crippen LogP) is 1.42. The zero-order chi connectivity index (χ0) is 9.71. The third-order valence-electron chi connectivity index (χ3n) is 4.36. The van der Waals surface area contributed by atoms with Crippen LogP contribution in [-0.2, 0) is 0 Å². The molecule has 0 aromatic carbocycles. The van der Waals surface area contributed by atoms with Crippen LogP contribution >= 0.6 is 0 Å². The van der Waals surface area contributed by atoms with Crippen LogP contribution in [0.25, 0.3) is 0 Å². The zero-order valence-corrected chi connectivity index (χ0v) is 9.45. The molecule has 0 radical (unpaired) electrons. The Morgan fingerprint density at radius 2 is 1.14 bits per heavy atom. The second-order valence-corrected chi connectivity index (χ2v) is 5.90. The third-order valence-corrected chi connectivity index (χ3v) is 4.36. The van der Waals surface area contributed by atoms with E-state index < -0.39 is 0 Å². The molecule has 0 spiro atoms. The van der Waals surface area contributed by atoms with E-state index in [9.17, 15) is 0 Å². The molecule has 0 aromatic rings. The molecule has 4 atom stereocenters. The summed E-state index contributed by atoms with van der Waals surface area (Å²) in [5.41, 5.74) is 0. The molecule has 3 aliphatic rings. The van der Waals surface area contributed by atoms with E-state index in [0.717, 1.165) is 23.9 Å². The maximum absolute atomic E-state index is 2.75. The first-order valence-corrected chi connectivity index (χ1v) is 6.20. The summed E-state index contributed by atoms with van der Waals surface area (Å²) in [5.74, 6) is 1.88. The second-order valence-electron chi connectivity index (χ2n) is 5.90. The number of rotatable bonds is 0. The van der Waals surface area contributed by atoms with Gasteiger partial charge < -0.3 is 0 Å². The lowest BCUT2D eigenvalue weighted by Crippen LogP contribution is -2.53. The van der Waals surface area contributed by atoms with Crippen LogP contribution in [0, 0.1) is 11.8 Å². The molecule has 3 aliphatic heterocycles. The van der Waals surface area contributed by atoms with Gasteiger partial charge in [-0.05, 0) is 24.7 Å². The third kappa shape index (κ3) is 1.40. The fourth-order valence-corrected chi connectivity index (χ4v) is 3.84. The molecule has 80 valence electrons. The van der Waals surface area contributed by atoms with E-state index in [1.165, 1.54) is 39.0 Å². The van der Waals surface area contributed by atoms with Gasteiger partial charge in [-0.15, -0.1) is 0 Å². The van der Waals surface area contributed by atoms with Gasteiger partial charge in [-0.1, -0.05) is 13.8 Å². The van der Waals surface area contributed by atoms with Crippen molar-refractivity contribution in [2.45, 2.75) is 38.8 Å². The Bertz CT molecular complexity index is 184. The number of fused-ring (bicyclic) bond motifs is 2. The molecule has 3 heterocycles. The van der Waals surface area contributed by atoms with Crippen LogP contribution in [-0.4, -0.2) is 48.1 Å². The number of piperazine rings is 1. The van der Waals surface area contributed by atoms with Crippen LogP contribution in [0.4, 0.5) is 0 Å². The summed E-state index contributed by atoms with van der Waals surface area (Å²) in [6, 6.07) is 1.79. The molecule has 14 heavy (non-hydrogen) atoms. The van der Waals surface area contributed by atoms with E-state index in [-0.39, 0.29) is 0 Å². The Kier molecular flexibility index (Phi) is 2.10. The van der Waals surface area contributed by atoms with E-state index in [1.54, 1.807) is 0 Å². The molecule has 0 saturated carbocycles. The largest absolute Gasteiger partial charge is 0.297 e. The first kappa shape index (κ1) is 9.17. The van der Waals surface area contributed by atoms with Gasteiger partial charge >= 0.3 is 0 Å². The number of hydrogen-bond acceptors (Lipinski definition) is 2. The zero-order valence-electron chi connectivity index (χ0n) is 9.45. The predicted molar refractivity (Wildman–Crippen MR) is 58.3 cm³/mol. The van der Waals surface area contributed by atoms with Gasteiger partial charge in [0, 0.05) is 38.3 Å². The van der Waals surface area contributed by atoms with Gasteiger partial charge in [0.15, 0.2) is 0 Å². The van der Waals surface area contributed by atoms with Gasteiger partial charge in [0.25, 0.3) is 0 Å². The average Bonchev–Trinajstić information content (AvgIpc) is 2.59. The van der Waals surface area contributed by atoms with Gasteiger partial charge in [0.05, 0.1) is 0 Å². The van der Waals surface area contributed by atoms with Gasteiger partial charge in [0.1, 0.15) is 0 Å². The van der Waals surface area contributed by atoms with Gasteiger partial charge in [0.2, 0.25) is 0 Å². The summed E-state index contributed by atoms with van der Waals surface area (Å²) in [4.78, 5) is 5.51. The molecule has 3 saturated heterocycles. The van der Waals surface area contributed by atoms with Crippen LogP contribution in [0.1, 0.15) is 26.7 Å². The van der Waals surface area contributed by atoms with Crippen LogP contribution in [0.3, 0.4) is 0 Å². The summed E-state index contributed by atoms with van der Waals surface area (Å²) in [7, 11) is 0. The van der Waals surface area contributed by atoms with Crippen LogP contribution in [0.15, 0.2) is 0 Å². The lowest BCUT2D eigenvalue weighted by atomic mass is 10.0. The molecular weight excluding hydrogens is 172 g/mol. The molecule has 2 heteroatoms. The molecule has 0 aromatic heterocycles. The molecular formula is C12H22N2. The topological polar surface area (TPSA) is 6.48 Å². The number of hydrogen-bond donors (Lipinski definition) is 0. The first-order valence-electron chi connectivity index (χ1n) is 6.20. The molecule has 0 unspecified atom stereocenters. The van der Waals surface area contributed by atoms with Crippen molar-refractivity contribution in [1.29, 1.82) is 0 Å². The highest BCUT2D eigenvalue weighted by Crippen LogP contribution is 2.33. The van der Waals surface area contributed by atoms with E-state index in [2.05, 4.69) is 23.6 Å². The Morgan fingerprint density at radius 1 is 0.714 bits per heavy atom. The van der Waals surface area contributed by atoms with Crippen molar-refractivity contribution < 1.29 is 0 Å². The fraction of sp³-hybridized carbons (Fsp3) is 1.00. The van der Waals surface area contributed by atoms with Crippen molar-refractivity contribution in [3.8, 4) is 0 Å². The first-order chi connectivity index (χ1) is 6.72. The summed E-state index contributed by atoms with van der Waals surface area (Å²) >= 11 is 0. The van der Waals surface area contributed by atoms with Crippen molar-refractivity contribution in [3.05, 3.63) is 0 Å². The van der Waals surface area contributed by atoms with E-state index in [0.29, 0.717) is 0 Å². The highest BCUT2D eigenvalue weighted by Gasteiger charge is 2.41. The molecule has 0 aliphatic carbocycles. The quantitative estimate of drug-likeness (QED) is 0.575. The van der Waals surface area contributed by atoms with Crippen molar-refractivity contribution in [1.82, 2.24) is 9.80 Å². The second kappa shape index (κ2) is 3.21. The minimum Gasteiger partial charge on any atom is -0.297 e. The summed E-state index contributed by atoms with van der Waals surface area (Å²) in [5, 5.41) is 0. The monoisotopic (exact) mass is 194 g/mol. The van der Waals surface area contributed by atoms with Gasteiger partial charge in [-0.3, -0.25) is 9.80 Å². The minimum absolute atomic E-state index is 0.895. The highest BCUT2D eigenvalue weighted by atomic mass is 15.3. The maximum Gasteiger partial charge on any atom is 0.0227 e. The van der Waals surface area contributed by atoms with Gasteiger partial charge in [-0.25, -0.2) is 0 Å². The fourth-order valence-electron chi connectivity index (χ4n) is 3.84. The summed E-state index contributed by atoms with van der Waals surface area (Å²) < 4.78 is 0. The van der Waals surface area contributed by atoms with Crippen LogP contribution < -0.4 is 0 Å². The smallest absolute Gasteiger partial charge is 0.0227 e. The maximum atomic E-state index is 2.75. The van der Waals surface area contributed by atoms with E-state index >= 15 is 0 Å². The molecule has 3 fully saturated rings. The molecule has 0 bridgehead atoms. The normalized spacial score (nSPS) is 49.3. The summed E-state index contributed by atoms with van der Waals surface area (Å²) in [6.45, 7) is 10.3. The van der Waals surface area contributed by atoms with Gasteiger partial charge in [-0.2, -0.15) is 0 Å². The van der Waals surface area contributed by atoms with Crippen LogP contribution in [0.2, 0.25) is 0 Å². The SMILES string of the molecule is C[C@H]1C[C@H]2CN3C[C@@H](C)C[C@H]3CN2C1. The molecule has 2 nitrogen and oxygen atoms in total. The highest BCUT2D eigenvalue weighted by molar-refractivity contribution is 4.97. The lowest BCUT2D eigenvalue weighted by Gasteiger charge is -2.40. The Morgan fingerprint density at radius 3 is 1.57 bits per heavy atom. The lowest BCUT2D eigenvalue weighted by molar-refractivity contribution is 0.0782. The number of nitrogens with zero attached hydrogens (tertiary/aromatic N) is 2.